The number of fused-ring (bicyclic) bond motifs is 1. The summed E-state index contributed by atoms with van der Waals surface area (Å²) in [5, 5.41) is 60.0. The molecule has 0 aromatic heterocycles. The van der Waals surface area contributed by atoms with Gasteiger partial charge in [0.1, 0.15) is 24.4 Å². The highest BCUT2D eigenvalue weighted by molar-refractivity contribution is 5.55. The standard InChI is InChI=1S/C25H32O10/c1-12-20(29)21(30)22(31)25(33-12)34-18-6-5-14(10-19(18)32-2)23-16(11-27)15-8-13(4-3-7-26)9-17(28)24(15)35-23/h5-6,8-10,12,16,20-23,25-31H,3-4,7,11H2,1-2H3/t12-,16?,20+,21+,22+,23?,25-/m0/s1. The Hall–Kier alpha value is -2.60. The molecule has 10 heteroatoms. The second-order valence-corrected chi connectivity index (χ2v) is 8.90. The number of phenols is 1. The van der Waals surface area contributed by atoms with Crippen LogP contribution in [0.3, 0.4) is 0 Å². The van der Waals surface area contributed by atoms with Crippen LogP contribution >= 0.6 is 0 Å². The minimum absolute atomic E-state index is 0.0263. The first-order chi connectivity index (χ1) is 16.8. The summed E-state index contributed by atoms with van der Waals surface area (Å²) in [6.45, 7) is 1.38. The fraction of sp³-hybridized carbons (Fsp3) is 0.520. The van der Waals surface area contributed by atoms with Gasteiger partial charge < -0.3 is 49.6 Å². The monoisotopic (exact) mass is 492 g/mol. The molecule has 6 N–H and O–H groups in total. The molecule has 2 aromatic carbocycles. The molecule has 0 bridgehead atoms. The average Bonchev–Trinajstić information content (AvgIpc) is 3.24. The van der Waals surface area contributed by atoms with E-state index in [0.717, 1.165) is 5.56 Å². The van der Waals surface area contributed by atoms with E-state index in [9.17, 15) is 25.5 Å². The minimum Gasteiger partial charge on any atom is -0.504 e. The van der Waals surface area contributed by atoms with Crippen molar-refractivity contribution < 1.29 is 49.6 Å². The van der Waals surface area contributed by atoms with Crippen molar-refractivity contribution >= 4 is 0 Å². The molecule has 10 nitrogen and oxygen atoms in total. The van der Waals surface area contributed by atoms with Gasteiger partial charge in [-0.25, -0.2) is 0 Å². The van der Waals surface area contributed by atoms with Crippen molar-refractivity contribution in [2.75, 3.05) is 20.3 Å². The maximum absolute atomic E-state index is 10.5. The summed E-state index contributed by atoms with van der Waals surface area (Å²) in [5.74, 6) is 0.377. The van der Waals surface area contributed by atoms with Crippen LogP contribution in [0.1, 0.15) is 42.1 Å². The number of aryl methyl sites for hydroxylation is 1. The summed E-state index contributed by atoms with van der Waals surface area (Å²) in [5.41, 5.74) is 2.19. The zero-order chi connectivity index (χ0) is 25.3. The van der Waals surface area contributed by atoms with Crippen LogP contribution in [0.4, 0.5) is 0 Å². The highest BCUT2D eigenvalue weighted by Gasteiger charge is 2.43. The van der Waals surface area contributed by atoms with Gasteiger partial charge in [-0.1, -0.05) is 12.1 Å². The molecule has 192 valence electrons. The SMILES string of the molecule is COc1cc(C2Oc3c(O)cc(CCCO)cc3C2CO)ccc1O[C@@H]1O[C@@H](C)[C@@H](O)[C@@H](O)[C@H]1O. The normalized spacial score (nSPS) is 30.0. The lowest BCUT2D eigenvalue weighted by molar-refractivity contribution is -0.268. The molecule has 2 aliphatic heterocycles. The number of rotatable bonds is 8. The number of aliphatic hydroxyl groups excluding tert-OH is 5. The van der Waals surface area contributed by atoms with Gasteiger partial charge in [-0.2, -0.15) is 0 Å². The first-order valence-electron chi connectivity index (χ1n) is 11.6. The molecule has 2 aromatic rings. The molecule has 2 unspecified atom stereocenters. The molecule has 1 saturated heterocycles. The number of aromatic hydroxyl groups is 1. The summed E-state index contributed by atoms with van der Waals surface area (Å²) >= 11 is 0. The summed E-state index contributed by atoms with van der Waals surface area (Å²) in [4.78, 5) is 0. The van der Waals surface area contributed by atoms with Gasteiger partial charge in [-0.15, -0.1) is 0 Å². The van der Waals surface area contributed by atoms with Crippen molar-refractivity contribution in [1.29, 1.82) is 0 Å². The Morgan fingerprint density at radius 2 is 1.74 bits per heavy atom. The molecule has 0 radical (unpaired) electrons. The van der Waals surface area contributed by atoms with Crippen LogP contribution in [0, 0.1) is 0 Å². The Morgan fingerprint density at radius 1 is 0.971 bits per heavy atom. The lowest BCUT2D eigenvalue weighted by Crippen LogP contribution is -2.58. The fourth-order valence-electron chi connectivity index (χ4n) is 4.59. The van der Waals surface area contributed by atoms with Crippen LogP contribution < -0.4 is 14.2 Å². The predicted molar refractivity (Wildman–Crippen MR) is 123 cm³/mol. The van der Waals surface area contributed by atoms with Crippen molar-refractivity contribution in [1.82, 2.24) is 0 Å². The first kappa shape index (κ1) is 25.5. The van der Waals surface area contributed by atoms with E-state index in [1.807, 2.05) is 6.07 Å². The zero-order valence-corrected chi connectivity index (χ0v) is 19.6. The number of ether oxygens (including phenoxy) is 4. The van der Waals surface area contributed by atoms with Crippen molar-refractivity contribution in [3.8, 4) is 23.0 Å². The van der Waals surface area contributed by atoms with E-state index in [2.05, 4.69) is 0 Å². The van der Waals surface area contributed by atoms with Gasteiger partial charge in [0.2, 0.25) is 6.29 Å². The van der Waals surface area contributed by atoms with E-state index in [1.54, 1.807) is 31.2 Å². The van der Waals surface area contributed by atoms with Crippen LogP contribution in [-0.2, 0) is 11.2 Å². The number of benzene rings is 2. The van der Waals surface area contributed by atoms with Gasteiger partial charge in [-0.3, -0.25) is 0 Å². The number of methoxy groups -OCH3 is 1. The van der Waals surface area contributed by atoms with Crippen LogP contribution in [-0.4, -0.2) is 81.7 Å². The Kier molecular flexibility index (Phi) is 7.70. The molecule has 0 amide bonds. The molecule has 35 heavy (non-hydrogen) atoms. The molecule has 4 rings (SSSR count). The third-order valence-corrected chi connectivity index (χ3v) is 6.56. The molecule has 0 aliphatic carbocycles. The summed E-state index contributed by atoms with van der Waals surface area (Å²) < 4.78 is 22.8. The number of hydrogen-bond acceptors (Lipinski definition) is 10. The second-order valence-electron chi connectivity index (χ2n) is 8.90. The van der Waals surface area contributed by atoms with E-state index in [-0.39, 0.29) is 24.7 Å². The topological polar surface area (TPSA) is 158 Å². The third-order valence-electron chi connectivity index (χ3n) is 6.56. The Balaban J connectivity index is 1.58. The van der Waals surface area contributed by atoms with E-state index in [0.29, 0.717) is 35.5 Å². The second kappa shape index (κ2) is 10.6. The third kappa shape index (κ3) is 4.90. The van der Waals surface area contributed by atoms with Crippen molar-refractivity contribution in [3.63, 3.8) is 0 Å². The van der Waals surface area contributed by atoms with Gasteiger partial charge in [0.05, 0.1) is 25.7 Å². The van der Waals surface area contributed by atoms with Crippen LogP contribution in [0.2, 0.25) is 0 Å². The van der Waals surface area contributed by atoms with Gasteiger partial charge in [-0.05, 0) is 49.1 Å². The minimum atomic E-state index is -1.47. The van der Waals surface area contributed by atoms with E-state index in [1.165, 1.54) is 7.11 Å². The van der Waals surface area contributed by atoms with Gasteiger partial charge >= 0.3 is 0 Å². The lowest BCUT2D eigenvalue weighted by atomic mass is 9.90. The van der Waals surface area contributed by atoms with Gasteiger partial charge in [0.25, 0.3) is 0 Å². The highest BCUT2D eigenvalue weighted by atomic mass is 16.7. The van der Waals surface area contributed by atoms with E-state index < -0.39 is 42.7 Å². The molecule has 1 fully saturated rings. The Morgan fingerprint density at radius 3 is 2.43 bits per heavy atom. The fourth-order valence-corrected chi connectivity index (χ4v) is 4.59. The number of aliphatic hydroxyl groups is 5. The van der Waals surface area contributed by atoms with E-state index in [4.69, 9.17) is 24.1 Å². The molecular formula is C25H32O10. The molecule has 2 aliphatic rings. The van der Waals surface area contributed by atoms with Crippen LogP contribution in [0.5, 0.6) is 23.0 Å². The Labute approximate surface area is 202 Å². The smallest absolute Gasteiger partial charge is 0.229 e. The molecule has 0 saturated carbocycles. The average molecular weight is 493 g/mol. The zero-order valence-electron chi connectivity index (χ0n) is 19.6. The van der Waals surface area contributed by atoms with Gasteiger partial charge in [0, 0.05) is 12.2 Å². The molecular weight excluding hydrogens is 460 g/mol. The van der Waals surface area contributed by atoms with Crippen LogP contribution in [0.25, 0.3) is 0 Å². The summed E-state index contributed by atoms with van der Waals surface area (Å²) in [6, 6.07) is 8.46. The van der Waals surface area contributed by atoms with Crippen molar-refractivity contribution in [2.24, 2.45) is 0 Å². The largest absolute Gasteiger partial charge is 0.504 e. The van der Waals surface area contributed by atoms with Crippen molar-refractivity contribution in [2.45, 2.75) is 62.5 Å². The molecule has 0 spiro atoms. The lowest BCUT2D eigenvalue weighted by Gasteiger charge is -2.39. The van der Waals surface area contributed by atoms with Crippen molar-refractivity contribution in [3.05, 3.63) is 47.0 Å². The predicted octanol–water partition coefficient (Wildman–Crippen LogP) is 0.742. The molecule has 7 atom stereocenters. The summed E-state index contributed by atoms with van der Waals surface area (Å²) in [7, 11) is 1.44. The maximum atomic E-state index is 10.5. The Bertz CT molecular complexity index is 1030. The van der Waals surface area contributed by atoms with E-state index >= 15 is 0 Å². The van der Waals surface area contributed by atoms with Crippen LogP contribution in [0.15, 0.2) is 30.3 Å². The first-order valence-corrected chi connectivity index (χ1v) is 11.6. The maximum Gasteiger partial charge on any atom is 0.229 e. The summed E-state index contributed by atoms with van der Waals surface area (Å²) in [6.07, 6.45) is -5.60. The van der Waals surface area contributed by atoms with Gasteiger partial charge in [0.15, 0.2) is 23.0 Å². The number of phenolic OH excluding ortho intramolecular Hbond substituents is 1. The number of hydrogen-bond donors (Lipinski definition) is 6. The molecule has 2 heterocycles. The quantitative estimate of drug-likeness (QED) is 0.310. The highest BCUT2D eigenvalue weighted by Crippen LogP contribution is 2.51.